The van der Waals surface area contributed by atoms with Crippen LogP contribution in [0.25, 0.3) is 0 Å². The maximum atomic E-state index is 13.8. The zero-order valence-corrected chi connectivity index (χ0v) is 15.7. The third-order valence-electron chi connectivity index (χ3n) is 4.33. The first-order chi connectivity index (χ1) is 13.6. The molecule has 3 rings (SSSR count). The van der Waals surface area contributed by atoms with Crippen LogP contribution in [-0.4, -0.2) is 12.5 Å². The number of nitrogens with one attached hydrogen (secondary N) is 2. The monoisotopic (exact) mass is 378 g/mol. The van der Waals surface area contributed by atoms with E-state index in [0.29, 0.717) is 17.9 Å². The fourth-order valence-electron chi connectivity index (χ4n) is 2.76. The molecule has 3 aromatic rings. The molecule has 28 heavy (non-hydrogen) atoms. The van der Waals surface area contributed by atoms with Crippen molar-refractivity contribution in [3.8, 4) is 5.75 Å². The van der Waals surface area contributed by atoms with Crippen LogP contribution in [0.3, 0.4) is 0 Å². The Morgan fingerprint density at radius 1 is 0.964 bits per heavy atom. The first-order valence-corrected chi connectivity index (χ1v) is 9.16. The number of rotatable bonds is 8. The van der Waals surface area contributed by atoms with Crippen molar-refractivity contribution >= 4 is 11.6 Å². The first-order valence-electron chi connectivity index (χ1n) is 9.16. The number of amides is 1. The number of anilines is 1. The maximum absolute atomic E-state index is 13.8. The molecule has 0 saturated heterocycles. The summed E-state index contributed by atoms with van der Waals surface area (Å²) in [5.41, 5.74) is 2.31. The average molecular weight is 378 g/mol. The van der Waals surface area contributed by atoms with Crippen LogP contribution in [-0.2, 0) is 11.4 Å². The summed E-state index contributed by atoms with van der Waals surface area (Å²) < 4.78 is 19.5. The Kier molecular flexibility index (Phi) is 6.76. The van der Waals surface area contributed by atoms with E-state index >= 15 is 0 Å². The van der Waals surface area contributed by atoms with Gasteiger partial charge in [0.05, 0.1) is 6.54 Å². The van der Waals surface area contributed by atoms with Gasteiger partial charge in [-0.3, -0.25) is 4.79 Å². The molecule has 0 radical (unpaired) electrons. The molecule has 5 heteroatoms. The lowest BCUT2D eigenvalue weighted by molar-refractivity contribution is -0.115. The van der Waals surface area contributed by atoms with Crippen molar-refractivity contribution in [1.29, 1.82) is 0 Å². The molecular formula is C23H23FN2O2. The van der Waals surface area contributed by atoms with E-state index in [-0.39, 0.29) is 24.3 Å². The second-order valence-corrected chi connectivity index (χ2v) is 6.47. The van der Waals surface area contributed by atoms with Gasteiger partial charge in [0, 0.05) is 17.3 Å². The summed E-state index contributed by atoms with van der Waals surface area (Å²) in [6.45, 7) is 2.40. The van der Waals surface area contributed by atoms with Crippen LogP contribution in [0.2, 0.25) is 0 Å². The molecule has 0 aromatic heterocycles. The normalized spacial score (nSPS) is 11.6. The summed E-state index contributed by atoms with van der Waals surface area (Å²) >= 11 is 0. The topological polar surface area (TPSA) is 50.4 Å². The van der Waals surface area contributed by atoms with Gasteiger partial charge in [-0.2, -0.15) is 0 Å². The highest BCUT2D eigenvalue weighted by Crippen LogP contribution is 2.18. The number of carbonyl (C=O) groups excluding carboxylic acids is 1. The third-order valence-corrected chi connectivity index (χ3v) is 4.33. The molecule has 0 aliphatic rings. The SMILES string of the molecule is C[C@H](NCC(=O)Nc1ccc(OCc2ccccc2)cc1)c1ccccc1F. The second kappa shape index (κ2) is 9.67. The van der Waals surface area contributed by atoms with Crippen LogP contribution < -0.4 is 15.4 Å². The van der Waals surface area contributed by atoms with E-state index in [0.717, 1.165) is 11.3 Å². The number of hydrogen-bond acceptors (Lipinski definition) is 3. The Hall–Kier alpha value is -3.18. The number of hydrogen-bond donors (Lipinski definition) is 2. The molecule has 0 fully saturated rings. The van der Waals surface area contributed by atoms with Crippen LogP contribution in [0.4, 0.5) is 10.1 Å². The Balaban J connectivity index is 1.46. The molecule has 0 heterocycles. The van der Waals surface area contributed by atoms with Crippen LogP contribution >= 0.6 is 0 Å². The molecule has 3 aromatic carbocycles. The van der Waals surface area contributed by atoms with Gasteiger partial charge in [-0.15, -0.1) is 0 Å². The lowest BCUT2D eigenvalue weighted by Crippen LogP contribution is -2.30. The largest absolute Gasteiger partial charge is 0.489 e. The van der Waals surface area contributed by atoms with Crippen molar-refractivity contribution < 1.29 is 13.9 Å². The molecule has 0 aliphatic heterocycles. The van der Waals surface area contributed by atoms with Crippen molar-refractivity contribution in [2.75, 3.05) is 11.9 Å². The predicted molar refractivity (Wildman–Crippen MR) is 109 cm³/mol. The van der Waals surface area contributed by atoms with Gasteiger partial charge < -0.3 is 15.4 Å². The van der Waals surface area contributed by atoms with Gasteiger partial charge >= 0.3 is 0 Å². The molecule has 0 spiro atoms. The smallest absolute Gasteiger partial charge is 0.238 e. The van der Waals surface area contributed by atoms with Crippen LogP contribution in [0.15, 0.2) is 78.9 Å². The maximum Gasteiger partial charge on any atom is 0.238 e. The quantitative estimate of drug-likeness (QED) is 0.598. The van der Waals surface area contributed by atoms with Gasteiger partial charge in [-0.05, 0) is 42.8 Å². The molecule has 1 amide bonds. The molecule has 0 bridgehead atoms. The second-order valence-electron chi connectivity index (χ2n) is 6.47. The molecule has 4 nitrogen and oxygen atoms in total. The summed E-state index contributed by atoms with van der Waals surface area (Å²) in [5, 5.41) is 5.85. The van der Waals surface area contributed by atoms with E-state index in [2.05, 4.69) is 10.6 Å². The molecule has 0 unspecified atom stereocenters. The highest BCUT2D eigenvalue weighted by molar-refractivity contribution is 5.92. The van der Waals surface area contributed by atoms with Gasteiger partial charge in [0.15, 0.2) is 0 Å². The molecule has 1 atom stereocenters. The van der Waals surface area contributed by atoms with E-state index in [1.165, 1.54) is 6.07 Å². The van der Waals surface area contributed by atoms with E-state index in [1.54, 1.807) is 30.3 Å². The fourth-order valence-corrected chi connectivity index (χ4v) is 2.76. The number of halogens is 1. The predicted octanol–water partition coefficient (Wildman–Crippen LogP) is 4.69. The molecule has 144 valence electrons. The van der Waals surface area contributed by atoms with Crippen molar-refractivity contribution in [1.82, 2.24) is 5.32 Å². The number of benzene rings is 3. The first kappa shape index (κ1) is 19.6. The molecule has 0 saturated carbocycles. The zero-order valence-electron chi connectivity index (χ0n) is 15.7. The minimum Gasteiger partial charge on any atom is -0.489 e. The van der Waals surface area contributed by atoms with E-state index in [9.17, 15) is 9.18 Å². The average Bonchev–Trinajstić information content (AvgIpc) is 2.72. The summed E-state index contributed by atoms with van der Waals surface area (Å²) in [7, 11) is 0. The summed E-state index contributed by atoms with van der Waals surface area (Å²) in [4.78, 5) is 12.1. The van der Waals surface area contributed by atoms with E-state index in [1.807, 2.05) is 49.4 Å². The van der Waals surface area contributed by atoms with Crippen LogP contribution in [0.5, 0.6) is 5.75 Å². The summed E-state index contributed by atoms with van der Waals surface area (Å²) in [5.74, 6) is 0.253. The lowest BCUT2D eigenvalue weighted by atomic mass is 10.1. The van der Waals surface area contributed by atoms with Crippen molar-refractivity contribution in [3.05, 3.63) is 95.8 Å². The molecule has 0 aliphatic carbocycles. The summed E-state index contributed by atoms with van der Waals surface area (Å²) in [6, 6.07) is 23.4. The van der Waals surface area contributed by atoms with Crippen molar-refractivity contribution in [2.24, 2.45) is 0 Å². The van der Waals surface area contributed by atoms with Gasteiger partial charge in [0.1, 0.15) is 18.2 Å². The minimum absolute atomic E-state index is 0.0851. The van der Waals surface area contributed by atoms with Crippen molar-refractivity contribution in [2.45, 2.75) is 19.6 Å². The van der Waals surface area contributed by atoms with Gasteiger partial charge in [0.25, 0.3) is 0 Å². The van der Waals surface area contributed by atoms with Gasteiger partial charge in [-0.1, -0.05) is 48.5 Å². The molecular weight excluding hydrogens is 355 g/mol. The zero-order chi connectivity index (χ0) is 19.8. The number of carbonyl (C=O) groups is 1. The lowest BCUT2D eigenvalue weighted by Gasteiger charge is -2.15. The minimum atomic E-state index is -0.283. The van der Waals surface area contributed by atoms with Crippen molar-refractivity contribution in [3.63, 3.8) is 0 Å². The van der Waals surface area contributed by atoms with Crippen LogP contribution in [0, 0.1) is 5.82 Å². The Morgan fingerprint density at radius 2 is 1.64 bits per heavy atom. The summed E-state index contributed by atoms with van der Waals surface area (Å²) in [6.07, 6.45) is 0. The van der Waals surface area contributed by atoms with Crippen LogP contribution in [0.1, 0.15) is 24.1 Å². The standard InChI is InChI=1S/C23H23FN2O2/c1-17(21-9-5-6-10-22(21)24)25-15-23(27)26-19-11-13-20(14-12-19)28-16-18-7-3-2-4-8-18/h2-14,17,25H,15-16H2,1H3,(H,26,27)/t17-/m0/s1. The van der Waals surface area contributed by atoms with Gasteiger partial charge in [-0.25, -0.2) is 4.39 Å². The Morgan fingerprint density at radius 3 is 2.36 bits per heavy atom. The van der Waals surface area contributed by atoms with E-state index < -0.39 is 0 Å². The Labute approximate surface area is 164 Å². The number of ether oxygens (including phenoxy) is 1. The molecule has 2 N–H and O–H groups in total. The fraction of sp³-hybridized carbons (Fsp3) is 0.174. The highest BCUT2D eigenvalue weighted by Gasteiger charge is 2.11. The van der Waals surface area contributed by atoms with Gasteiger partial charge in [0.2, 0.25) is 5.91 Å². The Bertz CT molecular complexity index is 898. The van der Waals surface area contributed by atoms with E-state index in [4.69, 9.17) is 4.74 Å². The third kappa shape index (κ3) is 5.66. The highest BCUT2D eigenvalue weighted by atomic mass is 19.1.